The first-order valence-electron chi connectivity index (χ1n) is 9.71. The molecular formula is C24H19I2N3O2. The quantitative estimate of drug-likeness (QED) is 0.215. The van der Waals surface area contributed by atoms with E-state index in [1.807, 2.05) is 79.7 Å². The number of ketones is 1. The van der Waals surface area contributed by atoms with Gasteiger partial charge in [-0.25, -0.2) is 0 Å². The van der Waals surface area contributed by atoms with Gasteiger partial charge in [0.05, 0.1) is 17.9 Å². The van der Waals surface area contributed by atoms with E-state index in [9.17, 15) is 9.59 Å². The summed E-state index contributed by atoms with van der Waals surface area (Å²) in [6.45, 7) is 1.86. The molecule has 31 heavy (non-hydrogen) atoms. The van der Waals surface area contributed by atoms with Crippen molar-refractivity contribution in [2.45, 2.75) is 13.1 Å². The summed E-state index contributed by atoms with van der Waals surface area (Å²) < 4.78 is 1.72. The highest BCUT2D eigenvalue weighted by Gasteiger charge is 2.35. The number of carbonyl (C=O) groups is 2. The lowest BCUT2D eigenvalue weighted by Gasteiger charge is -2.25. The van der Waals surface area contributed by atoms with Crippen LogP contribution in [0, 0.1) is 6.92 Å². The minimum absolute atomic E-state index is 0.0457. The van der Waals surface area contributed by atoms with E-state index >= 15 is 0 Å². The molecule has 0 fully saturated rings. The van der Waals surface area contributed by atoms with Crippen LogP contribution in [0.5, 0.6) is 0 Å². The highest BCUT2D eigenvalue weighted by molar-refractivity contribution is 14.2. The van der Waals surface area contributed by atoms with Gasteiger partial charge in [-0.15, -0.1) is 0 Å². The Kier molecular flexibility index (Phi) is 6.83. The Balaban J connectivity index is 1.83. The van der Waals surface area contributed by atoms with Crippen LogP contribution in [0.3, 0.4) is 0 Å². The number of benzodiazepines with no additional fused rings is 1. The lowest BCUT2D eigenvalue weighted by Crippen LogP contribution is -2.44. The lowest BCUT2D eigenvalue weighted by molar-refractivity contribution is -0.120. The number of halogens is 2. The molecular weight excluding hydrogens is 616 g/mol. The Morgan fingerprint density at radius 2 is 1.61 bits per heavy atom. The van der Waals surface area contributed by atoms with Crippen molar-refractivity contribution in [1.29, 1.82) is 0 Å². The monoisotopic (exact) mass is 635 g/mol. The average molecular weight is 635 g/mol. The number of benzene rings is 3. The number of aliphatic imine (C=N–C) groups is 1. The molecule has 0 saturated heterocycles. The summed E-state index contributed by atoms with van der Waals surface area (Å²) in [5, 5.41) is 0. The first kappa shape index (κ1) is 22.1. The van der Waals surface area contributed by atoms with Crippen molar-refractivity contribution in [3.63, 3.8) is 0 Å². The zero-order valence-electron chi connectivity index (χ0n) is 16.7. The maximum absolute atomic E-state index is 13.6. The van der Waals surface area contributed by atoms with Gasteiger partial charge in [0.1, 0.15) is 0 Å². The van der Waals surface area contributed by atoms with Gasteiger partial charge in [0, 0.05) is 62.4 Å². The van der Waals surface area contributed by atoms with Gasteiger partial charge in [-0.05, 0) is 18.6 Å². The third kappa shape index (κ3) is 4.58. The van der Waals surface area contributed by atoms with Crippen LogP contribution >= 0.6 is 45.7 Å². The maximum atomic E-state index is 13.6. The third-order valence-corrected chi connectivity index (χ3v) is 6.22. The molecule has 3 aromatic rings. The van der Waals surface area contributed by atoms with Crippen LogP contribution in [-0.4, -0.2) is 31.4 Å². The summed E-state index contributed by atoms with van der Waals surface area (Å²) >= 11 is 4.13. The second kappa shape index (κ2) is 9.58. The number of nitrogens with zero attached hydrogens (tertiary/aromatic N) is 3. The van der Waals surface area contributed by atoms with Gasteiger partial charge < -0.3 is 4.90 Å². The number of aryl methyl sites for hydroxylation is 1. The van der Waals surface area contributed by atoms with Crippen LogP contribution < -0.4 is 4.90 Å². The first-order chi connectivity index (χ1) is 15.0. The molecule has 5 nitrogen and oxygen atoms in total. The van der Waals surface area contributed by atoms with E-state index in [-0.39, 0.29) is 18.2 Å². The van der Waals surface area contributed by atoms with Gasteiger partial charge in [-0.3, -0.25) is 14.6 Å². The molecule has 1 unspecified atom stereocenters. The SMILES string of the molecule is Cc1ccccc1C(=O)CN1C(=O)C(N(I)I)N=C(c2ccccc2)c2ccccc21. The molecule has 1 atom stereocenters. The third-order valence-electron chi connectivity index (χ3n) is 5.17. The molecule has 0 radical (unpaired) electrons. The molecule has 3 aromatic carbocycles. The number of fused-ring (bicyclic) bond motifs is 1. The Morgan fingerprint density at radius 3 is 2.32 bits per heavy atom. The normalized spacial score (nSPS) is 16.0. The summed E-state index contributed by atoms with van der Waals surface area (Å²) in [6.07, 6.45) is -0.756. The van der Waals surface area contributed by atoms with Gasteiger partial charge in [0.2, 0.25) is 0 Å². The second-order valence-corrected chi connectivity index (χ2v) is 11.1. The molecule has 0 spiro atoms. The molecule has 1 heterocycles. The topological polar surface area (TPSA) is 53.0 Å². The van der Waals surface area contributed by atoms with Crippen molar-refractivity contribution in [2.75, 3.05) is 11.4 Å². The lowest BCUT2D eigenvalue weighted by atomic mass is 9.99. The molecule has 1 aliphatic rings. The standard InChI is InChI=1S/C24H19I2N3O2/c1-16-9-5-6-12-18(16)21(30)15-28-20-14-8-7-13-19(20)22(17-10-3-2-4-11-17)27-23(24(28)31)29(25)26/h2-14,23H,15H2,1H3. The fourth-order valence-corrected chi connectivity index (χ4v) is 4.37. The molecule has 0 N–H and O–H groups in total. The zero-order chi connectivity index (χ0) is 22.0. The van der Waals surface area contributed by atoms with Gasteiger partial charge in [-0.1, -0.05) is 72.8 Å². The van der Waals surface area contributed by atoms with Crippen molar-refractivity contribution in [3.8, 4) is 0 Å². The highest BCUT2D eigenvalue weighted by Crippen LogP contribution is 2.31. The molecule has 1 amide bonds. The number of hydrogen-bond donors (Lipinski definition) is 0. The first-order valence-corrected chi connectivity index (χ1v) is 11.6. The Hall–Kier alpha value is -2.11. The summed E-state index contributed by atoms with van der Waals surface area (Å²) in [4.78, 5) is 33.2. The van der Waals surface area contributed by atoms with Crippen molar-refractivity contribution in [2.24, 2.45) is 4.99 Å². The fourth-order valence-electron chi connectivity index (χ4n) is 3.65. The number of carbonyl (C=O) groups excluding carboxylic acids is 2. The molecule has 0 aromatic heterocycles. The number of para-hydroxylation sites is 1. The van der Waals surface area contributed by atoms with Gasteiger partial charge in [-0.2, -0.15) is 1.33 Å². The van der Waals surface area contributed by atoms with Crippen LogP contribution in [0.1, 0.15) is 27.0 Å². The summed E-state index contributed by atoms with van der Waals surface area (Å²) in [5.41, 5.74) is 4.70. The smallest absolute Gasteiger partial charge is 0.268 e. The van der Waals surface area contributed by atoms with Gasteiger partial charge in [0.15, 0.2) is 11.9 Å². The van der Waals surface area contributed by atoms with Crippen LogP contribution in [0.25, 0.3) is 0 Å². The Morgan fingerprint density at radius 1 is 0.968 bits per heavy atom. The van der Waals surface area contributed by atoms with Gasteiger partial charge >= 0.3 is 0 Å². The second-order valence-electron chi connectivity index (χ2n) is 7.16. The zero-order valence-corrected chi connectivity index (χ0v) is 21.0. The predicted molar refractivity (Wildman–Crippen MR) is 140 cm³/mol. The van der Waals surface area contributed by atoms with Crippen molar-refractivity contribution < 1.29 is 9.59 Å². The van der Waals surface area contributed by atoms with E-state index in [1.165, 1.54) is 0 Å². The highest BCUT2D eigenvalue weighted by atomic mass is 127. The van der Waals surface area contributed by atoms with Crippen molar-refractivity contribution >= 4 is 68.8 Å². The van der Waals surface area contributed by atoms with E-state index in [0.717, 1.165) is 22.4 Å². The van der Waals surface area contributed by atoms with E-state index in [0.29, 0.717) is 11.3 Å². The van der Waals surface area contributed by atoms with Crippen molar-refractivity contribution in [1.82, 2.24) is 1.33 Å². The number of Topliss-reactive ketones (excluding diaryl/α,β-unsaturated/α-hetero) is 1. The number of amides is 1. The molecule has 0 bridgehead atoms. The largest absolute Gasteiger partial charge is 0.301 e. The Labute approximate surface area is 209 Å². The predicted octanol–water partition coefficient (Wildman–Crippen LogP) is 5.39. The minimum Gasteiger partial charge on any atom is -0.301 e. The molecule has 7 heteroatoms. The molecule has 4 rings (SSSR count). The molecule has 1 aliphatic heterocycles. The van der Waals surface area contributed by atoms with Crippen LogP contribution in [0.2, 0.25) is 0 Å². The van der Waals surface area contributed by atoms with E-state index < -0.39 is 6.17 Å². The van der Waals surface area contributed by atoms with Crippen LogP contribution in [-0.2, 0) is 4.79 Å². The number of rotatable bonds is 5. The summed E-state index contributed by atoms with van der Waals surface area (Å²) in [6, 6.07) is 24.9. The molecule has 0 aliphatic carbocycles. The number of anilines is 1. The fraction of sp³-hybridized carbons (Fsp3) is 0.125. The molecule has 0 saturated carbocycles. The average Bonchev–Trinajstić information content (AvgIpc) is 2.90. The molecule has 156 valence electrons. The summed E-state index contributed by atoms with van der Waals surface area (Å²) in [5.74, 6) is -0.333. The van der Waals surface area contributed by atoms with Crippen molar-refractivity contribution in [3.05, 3.63) is 101 Å². The minimum atomic E-state index is -0.756. The van der Waals surface area contributed by atoms with E-state index in [1.54, 1.807) is 12.3 Å². The van der Waals surface area contributed by atoms with E-state index in [2.05, 4.69) is 45.7 Å². The van der Waals surface area contributed by atoms with Gasteiger partial charge in [0.25, 0.3) is 5.91 Å². The summed E-state index contributed by atoms with van der Waals surface area (Å²) in [7, 11) is 0. The van der Waals surface area contributed by atoms with Crippen LogP contribution in [0.4, 0.5) is 5.69 Å². The Bertz CT molecular complexity index is 1160. The number of hydrogen-bond acceptors (Lipinski definition) is 4. The maximum Gasteiger partial charge on any atom is 0.268 e. The van der Waals surface area contributed by atoms with E-state index in [4.69, 9.17) is 4.99 Å². The van der Waals surface area contributed by atoms with Crippen LogP contribution in [0.15, 0.2) is 83.9 Å².